The lowest BCUT2D eigenvalue weighted by molar-refractivity contribution is -0.137. The summed E-state index contributed by atoms with van der Waals surface area (Å²) in [7, 11) is 0. The lowest BCUT2D eigenvalue weighted by Crippen LogP contribution is -2.25. The Hall–Kier alpha value is -3.35. The highest BCUT2D eigenvalue weighted by molar-refractivity contribution is 5.80. The fourth-order valence-electron chi connectivity index (χ4n) is 5.24. The van der Waals surface area contributed by atoms with Gasteiger partial charge in [0.1, 0.15) is 16.7 Å². The monoisotopic (exact) mass is 509 g/mol. The van der Waals surface area contributed by atoms with E-state index in [1.807, 2.05) is 36.4 Å². The molecular formula is C30H34F3N3O. The van der Waals surface area contributed by atoms with Crippen molar-refractivity contribution in [2.24, 2.45) is 5.41 Å². The van der Waals surface area contributed by atoms with Crippen LogP contribution in [0, 0.1) is 5.41 Å². The standard InChI is InChI=1S/C30H34F3N3O/c1-18(2)21-10-8-9-11-22(21)23-14-20(29(6,7)17-28(3,4)5)16-26(27(23)37)36-34-24-13-12-19(30(31,32)33)15-25(24)35-36/h8-16,18,37H,17H2,1-7H3. The van der Waals surface area contributed by atoms with Gasteiger partial charge in [-0.1, -0.05) is 72.7 Å². The lowest BCUT2D eigenvalue weighted by Gasteiger charge is -2.34. The van der Waals surface area contributed by atoms with Crippen LogP contribution < -0.4 is 0 Å². The quantitative estimate of drug-likeness (QED) is 0.293. The predicted octanol–water partition coefficient (Wildman–Crippen LogP) is 8.65. The van der Waals surface area contributed by atoms with Crippen molar-refractivity contribution in [3.8, 4) is 22.6 Å². The van der Waals surface area contributed by atoms with Crippen molar-refractivity contribution in [3.05, 3.63) is 71.3 Å². The SMILES string of the molecule is CC(C)c1ccccc1-c1cc(C(C)(C)CC(C)(C)C)cc(-n2nc3ccc(C(F)(F)F)cc3n2)c1O. The molecule has 0 saturated carbocycles. The van der Waals surface area contributed by atoms with Gasteiger partial charge in [0.2, 0.25) is 0 Å². The van der Waals surface area contributed by atoms with E-state index in [2.05, 4.69) is 58.7 Å². The number of benzene rings is 3. The topological polar surface area (TPSA) is 50.9 Å². The van der Waals surface area contributed by atoms with Gasteiger partial charge in [-0.2, -0.15) is 13.2 Å². The van der Waals surface area contributed by atoms with E-state index in [4.69, 9.17) is 0 Å². The molecule has 196 valence electrons. The number of aromatic hydroxyl groups is 1. The van der Waals surface area contributed by atoms with Gasteiger partial charge in [0, 0.05) is 5.56 Å². The fraction of sp³-hybridized carbons (Fsp3) is 0.400. The Morgan fingerprint density at radius 1 is 0.811 bits per heavy atom. The van der Waals surface area contributed by atoms with E-state index in [1.165, 1.54) is 10.9 Å². The summed E-state index contributed by atoms with van der Waals surface area (Å²) >= 11 is 0. The molecule has 3 aromatic carbocycles. The summed E-state index contributed by atoms with van der Waals surface area (Å²) in [5.41, 5.74) is 3.37. The number of phenols is 1. The molecule has 0 radical (unpaired) electrons. The van der Waals surface area contributed by atoms with Gasteiger partial charge in [0.05, 0.1) is 5.56 Å². The Labute approximate surface area is 216 Å². The van der Waals surface area contributed by atoms with Crippen LogP contribution in [-0.4, -0.2) is 20.1 Å². The summed E-state index contributed by atoms with van der Waals surface area (Å²) in [5, 5.41) is 20.3. The summed E-state index contributed by atoms with van der Waals surface area (Å²) in [4.78, 5) is 1.25. The minimum Gasteiger partial charge on any atom is -0.505 e. The Morgan fingerprint density at radius 2 is 1.46 bits per heavy atom. The molecule has 0 saturated heterocycles. The first-order valence-corrected chi connectivity index (χ1v) is 12.5. The molecule has 0 amide bonds. The van der Waals surface area contributed by atoms with Crippen molar-refractivity contribution >= 4 is 11.0 Å². The highest BCUT2D eigenvalue weighted by atomic mass is 19.4. The summed E-state index contributed by atoms with van der Waals surface area (Å²) in [6.07, 6.45) is -3.61. The van der Waals surface area contributed by atoms with Crippen molar-refractivity contribution in [1.29, 1.82) is 0 Å². The molecule has 0 spiro atoms. The minimum atomic E-state index is -4.48. The third-order valence-electron chi connectivity index (χ3n) is 6.64. The number of aromatic nitrogens is 3. The first-order chi connectivity index (χ1) is 17.1. The molecule has 0 atom stereocenters. The minimum absolute atomic E-state index is 0.0141. The molecule has 4 nitrogen and oxygen atoms in total. The highest BCUT2D eigenvalue weighted by Gasteiger charge is 2.32. The zero-order valence-electron chi connectivity index (χ0n) is 22.4. The molecule has 0 aliphatic rings. The van der Waals surface area contributed by atoms with Crippen molar-refractivity contribution < 1.29 is 18.3 Å². The van der Waals surface area contributed by atoms with Gasteiger partial charge >= 0.3 is 6.18 Å². The normalized spacial score (nSPS) is 13.1. The van der Waals surface area contributed by atoms with Crippen molar-refractivity contribution in [2.75, 3.05) is 0 Å². The second kappa shape index (κ2) is 9.19. The number of hydrogen-bond acceptors (Lipinski definition) is 3. The molecular weight excluding hydrogens is 475 g/mol. The van der Waals surface area contributed by atoms with E-state index < -0.39 is 11.7 Å². The Bertz CT molecular complexity index is 1440. The Kier molecular flexibility index (Phi) is 6.63. The number of rotatable bonds is 5. The van der Waals surface area contributed by atoms with Gasteiger partial charge in [-0.25, -0.2) is 0 Å². The number of halogens is 3. The zero-order valence-corrected chi connectivity index (χ0v) is 22.4. The maximum atomic E-state index is 13.3. The number of fused-ring (bicyclic) bond motifs is 1. The number of hydrogen-bond donors (Lipinski definition) is 1. The van der Waals surface area contributed by atoms with Crippen LogP contribution in [0.4, 0.5) is 13.2 Å². The molecule has 0 bridgehead atoms. The van der Waals surface area contributed by atoms with E-state index in [0.717, 1.165) is 35.2 Å². The summed E-state index contributed by atoms with van der Waals surface area (Å²) in [5.74, 6) is 0.205. The van der Waals surface area contributed by atoms with Gasteiger partial charge < -0.3 is 5.11 Å². The highest BCUT2D eigenvalue weighted by Crippen LogP contribution is 2.44. The van der Waals surface area contributed by atoms with Crippen LogP contribution in [0.2, 0.25) is 0 Å². The van der Waals surface area contributed by atoms with E-state index >= 15 is 0 Å². The van der Waals surface area contributed by atoms with Crippen molar-refractivity contribution in [3.63, 3.8) is 0 Å². The molecule has 1 heterocycles. The fourth-order valence-corrected chi connectivity index (χ4v) is 5.24. The molecule has 0 unspecified atom stereocenters. The molecule has 0 aliphatic heterocycles. The largest absolute Gasteiger partial charge is 0.505 e. The molecule has 4 aromatic rings. The number of alkyl halides is 3. The molecule has 7 heteroatoms. The third-order valence-corrected chi connectivity index (χ3v) is 6.64. The van der Waals surface area contributed by atoms with E-state index in [1.54, 1.807) is 0 Å². The zero-order chi connectivity index (χ0) is 27.3. The van der Waals surface area contributed by atoms with E-state index in [9.17, 15) is 18.3 Å². The first kappa shape index (κ1) is 26.7. The molecule has 1 aromatic heterocycles. The second-order valence-electron chi connectivity index (χ2n) is 11.9. The number of nitrogens with zero attached hydrogens (tertiary/aromatic N) is 3. The maximum Gasteiger partial charge on any atom is 0.416 e. The number of phenolic OH excluding ortho intramolecular Hbond substituents is 1. The van der Waals surface area contributed by atoms with Crippen LogP contribution >= 0.6 is 0 Å². The van der Waals surface area contributed by atoms with E-state index in [-0.39, 0.29) is 28.0 Å². The lowest BCUT2D eigenvalue weighted by atomic mass is 9.71. The van der Waals surface area contributed by atoms with Gasteiger partial charge in [0.15, 0.2) is 5.75 Å². The van der Waals surface area contributed by atoms with Crippen molar-refractivity contribution in [2.45, 2.75) is 72.4 Å². The molecule has 37 heavy (non-hydrogen) atoms. The first-order valence-electron chi connectivity index (χ1n) is 12.5. The van der Waals surface area contributed by atoms with Gasteiger partial charge in [-0.15, -0.1) is 15.0 Å². The Balaban J connectivity index is 1.98. The average Bonchev–Trinajstić information content (AvgIpc) is 3.20. The summed E-state index contributed by atoms with van der Waals surface area (Å²) in [6, 6.07) is 15.1. The van der Waals surface area contributed by atoms with Crippen LogP contribution in [0.15, 0.2) is 54.6 Å². The smallest absolute Gasteiger partial charge is 0.416 e. The summed E-state index contributed by atoms with van der Waals surface area (Å²) < 4.78 is 39.8. The van der Waals surface area contributed by atoms with Gasteiger partial charge in [-0.3, -0.25) is 0 Å². The molecule has 0 fully saturated rings. The predicted molar refractivity (Wildman–Crippen MR) is 142 cm³/mol. The molecule has 1 N–H and O–H groups in total. The van der Waals surface area contributed by atoms with Crippen LogP contribution in [0.3, 0.4) is 0 Å². The van der Waals surface area contributed by atoms with Gasteiger partial charge in [-0.05, 0) is 70.2 Å². The third kappa shape index (κ3) is 5.50. The molecule has 4 rings (SSSR count). The van der Waals surface area contributed by atoms with Crippen LogP contribution in [0.25, 0.3) is 27.8 Å². The summed E-state index contributed by atoms with van der Waals surface area (Å²) in [6.45, 7) is 15.1. The van der Waals surface area contributed by atoms with E-state index in [0.29, 0.717) is 16.8 Å². The molecule has 0 aliphatic carbocycles. The average molecular weight is 510 g/mol. The van der Waals surface area contributed by atoms with Crippen molar-refractivity contribution in [1.82, 2.24) is 15.0 Å². The Morgan fingerprint density at radius 3 is 2.08 bits per heavy atom. The van der Waals surface area contributed by atoms with Crippen LogP contribution in [-0.2, 0) is 11.6 Å². The van der Waals surface area contributed by atoms with Crippen LogP contribution in [0.5, 0.6) is 5.75 Å². The maximum absolute atomic E-state index is 13.3. The second-order valence-corrected chi connectivity index (χ2v) is 11.9. The van der Waals surface area contributed by atoms with Gasteiger partial charge in [0.25, 0.3) is 0 Å². The van der Waals surface area contributed by atoms with Crippen LogP contribution in [0.1, 0.15) is 77.5 Å².